The molecule has 2 rings (SSSR count). The van der Waals surface area contributed by atoms with Gasteiger partial charge in [0.15, 0.2) is 0 Å². The van der Waals surface area contributed by atoms with Crippen molar-refractivity contribution in [3.05, 3.63) is 11.8 Å². The van der Waals surface area contributed by atoms with E-state index in [0.717, 1.165) is 6.42 Å². The van der Waals surface area contributed by atoms with E-state index in [2.05, 4.69) is 0 Å². The lowest BCUT2D eigenvalue weighted by Crippen LogP contribution is -2.43. The third-order valence-electron chi connectivity index (χ3n) is 3.37. The van der Waals surface area contributed by atoms with Crippen molar-refractivity contribution in [3.63, 3.8) is 0 Å². The number of fused-ring (bicyclic) bond motifs is 1. The predicted octanol–water partition coefficient (Wildman–Crippen LogP) is 1.06. The Hall–Kier alpha value is -1.34. The van der Waals surface area contributed by atoms with Crippen LogP contribution in [0.15, 0.2) is 11.8 Å². The van der Waals surface area contributed by atoms with E-state index in [1.165, 1.54) is 13.4 Å². The average Bonchev–Trinajstić information content (AvgIpc) is 2.79. The predicted molar refractivity (Wildman–Crippen MR) is 74.8 cm³/mol. The average molecular weight is 301 g/mol. The second-order valence-corrected chi connectivity index (χ2v) is 5.45. The Morgan fingerprint density at radius 2 is 2.20 bits per heavy atom. The standard InChI is InChI=1S/C13H19NO5S/c1-7-5-8-9(11(15)16-4)6-17-12(10(8)18-7)19-13(20)14(2)3/h6-8,10,12H,5H2,1-4H3. The largest absolute Gasteiger partial charge is 0.466 e. The van der Waals surface area contributed by atoms with Gasteiger partial charge in [-0.2, -0.15) is 0 Å². The Bertz CT molecular complexity index is 436. The van der Waals surface area contributed by atoms with Crippen molar-refractivity contribution >= 4 is 23.4 Å². The lowest BCUT2D eigenvalue weighted by Gasteiger charge is -2.32. The minimum atomic E-state index is -0.645. The first-order valence-corrected chi connectivity index (χ1v) is 6.82. The summed E-state index contributed by atoms with van der Waals surface area (Å²) in [4.78, 5) is 13.4. The van der Waals surface area contributed by atoms with Crippen LogP contribution in [0.2, 0.25) is 0 Å². The highest BCUT2D eigenvalue weighted by Crippen LogP contribution is 2.38. The molecule has 112 valence electrons. The number of nitrogens with zero attached hydrogens (tertiary/aromatic N) is 1. The molecule has 4 atom stereocenters. The number of thiocarbonyl (C=S) groups is 1. The van der Waals surface area contributed by atoms with Gasteiger partial charge in [0.05, 0.1) is 25.0 Å². The molecule has 0 spiro atoms. The Morgan fingerprint density at radius 3 is 2.80 bits per heavy atom. The van der Waals surface area contributed by atoms with Crippen molar-refractivity contribution in [2.75, 3.05) is 21.2 Å². The third kappa shape index (κ3) is 2.88. The Morgan fingerprint density at radius 1 is 1.50 bits per heavy atom. The Labute approximate surface area is 123 Å². The summed E-state index contributed by atoms with van der Waals surface area (Å²) >= 11 is 5.11. The maximum Gasteiger partial charge on any atom is 0.337 e. The maximum atomic E-state index is 11.8. The minimum Gasteiger partial charge on any atom is -0.466 e. The molecule has 0 amide bonds. The first kappa shape index (κ1) is 15.1. The van der Waals surface area contributed by atoms with Gasteiger partial charge in [-0.15, -0.1) is 0 Å². The van der Waals surface area contributed by atoms with Gasteiger partial charge in [-0.25, -0.2) is 4.79 Å². The fraction of sp³-hybridized carbons (Fsp3) is 0.692. The normalized spacial score (nSPS) is 31.7. The molecule has 0 aromatic carbocycles. The fourth-order valence-electron chi connectivity index (χ4n) is 2.39. The topological polar surface area (TPSA) is 57.2 Å². The van der Waals surface area contributed by atoms with Gasteiger partial charge in [0, 0.05) is 20.0 Å². The zero-order valence-electron chi connectivity index (χ0n) is 12.0. The van der Waals surface area contributed by atoms with Crippen LogP contribution in [0.1, 0.15) is 13.3 Å². The van der Waals surface area contributed by atoms with E-state index in [0.29, 0.717) is 10.7 Å². The van der Waals surface area contributed by atoms with Gasteiger partial charge in [0.25, 0.3) is 11.5 Å². The number of esters is 1. The van der Waals surface area contributed by atoms with Crippen LogP contribution in [0.25, 0.3) is 0 Å². The van der Waals surface area contributed by atoms with Gasteiger partial charge in [-0.1, -0.05) is 0 Å². The summed E-state index contributed by atoms with van der Waals surface area (Å²) in [7, 11) is 4.92. The second kappa shape index (κ2) is 5.97. The first-order valence-electron chi connectivity index (χ1n) is 6.41. The summed E-state index contributed by atoms with van der Waals surface area (Å²) in [6.45, 7) is 1.95. The molecule has 20 heavy (non-hydrogen) atoms. The van der Waals surface area contributed by atoms with Gasteiger partial charge < -0.3 is 23.8 Å². The number of hydrogen-bond donors (Lipinski definition) is 0. The number of ether oxygens (including phenoxy) is 4. The summed E-state index contributed by atoms with van der Waals surface area (Å²) in [6, 6.07) is 0. The molecule has 7 heteroatoms. The highest BCUT2D eigenvalue weighted by Gasteiger charge is 2.47. The summed E-state index contributed by atoms with van der Waals surface area (Å²) in [5, 5.41) is 0.312. The zero-order chi connectivity index (χ0) is 14.9. The summed E-state index contributed by atoms with van der Waals surface area (Å²) in [6.07, 6.45) is 1.15. The van der Waals surface area contributed by atoms with Gasteiger partial charge in [-0.05, 0) is 25.6 Å². The van der Waals surface area contributed by atoms with Gasteiger partial charge in [0.1, 0.15) is 6.10 Å². The van der Waals surface area contributed by atoms with Crippen LogP contribution in [0.4, 0.5) is 0 Å². The summed E-state index contributed by atoms with van der Waals surface area (Å²) < 4.78 is 21.6. The Balaban J connectivity index is 2.16. The number of methoxy groups -OCH3 is 1. The smallest absolute Gasteiger partial charge is 0.337 e. The molecule has 0 N–H and O–H groups in total. The van der Waals surface area contributed by atoms with E-state index >= 15 is 0 Å². The molecule has 2 aliphatic rings. The minimum absolute atomic E-state index is 0.0267. The number of rotatable bonds is 2. The second-order valence-electron chi connectivity index (χ2n) is 5.10. The quantitative estimate of drug-likeness (QED) is 0.558. The van der Waals surface area contributed by atoms with E-state index in [1.54, 1.807) is 19.0 Å². The van der Waals surface area contributed by atoms with Crippen LogP contribution in [0.3, 0.4) is 0 Å². The van der Waals surface area contributed by atoms with Crippen LogP contribution >= 0.6 is 12.2 Å². The zero-order valence-corrected chi connectivity index (χ0v) is 12.8. The van der Waals surface area contributed by atoms with Crippen LogP contribution < -0.4 is 0 Å². The van der Waals surface area contributed by atoms with Crippen molar-refractivity contribution in [2.24, 2.45) is 5.92 Å². The van der Waals surface area contributed by atoms with Crippen molar-refractivity contribution in [2.45, 2.75) is 31.8 Å². The molecular weight excluding hydrogens is 282 g/mol. The molecule has 2 aliphatic heterocycles. The molecule has 0 saturated carbocycles. The molecule has 6 nitrogen and oxygen atoms in total. The monoisotopic (exact) mass is 301 g/mol. The molecule has 4 unspecified atom stereocenters. The number of carbonyl (C=O) groups is 1. The molecular formula is C13H19NO5S. The van der Waals surface area contributed by atoms with E-state index in [4.69, 9.17) is 31.2 Å². The molecule has 0 radical (unpaired) electrons. The first-order chi connectivity index (χ1) is 9.43. The third-order valence-corrected chi connectivity index (χ3v) is 3.83. The summed E-state index contributed by atoms with van der Waals surface area (Å²) in [5.74, 6) is -0.493. The number of hydrogen-bond acceptors (Lipinski definition) is 6. The molecule has 0 aromatic rings. The van der Waals surface area contributed by atoms with Gasteiger partial charge in [0.2, 0.25) is 0 Å². The van der Waals surface area contributed by atoms with Crippen molar-refractivity contribution in [1.82, 2.24) is 4.90 Å². The van der Waals surface area contributed by atoms with E-state index in [1.807, 2.05) is 6.92 Å². The van der Waals surface area contributed by atoms with Gasteiger partial charge >= 0.3 is 5.97 Å². The molecule has 0 aliphatic carbocycles. The Kier molecular flexibility index (Phi) is 4.49. The fourth-order valence-corrected chi connectivity index (χ4v) is 2.49. The highest BCUT2D eigenvalue weighted by atomic mass is 32.1. The lowest BCUT2D eigenvalue weighted by atomic mass is 9.90. The van der Waals surface area contributed by atoms with E-state index in [-0.39, 0.29) is 18.1 Å². The molecule has 0 bridgehead atoms. The maximum absolute atomic E-state index is 11.8. The van der Waals surface area contributed by atoms with Crippen LogP contribution in [0, 0.1) is 5.92 Å². The van der Waals surface area contributed by atoms with Crippen LogP contribution in [-0.4, -0.2) is 55.7 Å². The van der Waals surface area contributed by atoms with Crippen molar-refractivity contribution < 1.29 is 23.7 Å². The van der Waals surface area contributed by atoms with E-state index in [9.17, 15) is 4.79 Å². The molecule has 2 heterocycles. The van der Waals surface area contributed by atoms with E-state index < -0.39 is 12.3 Å². The molecule has 1 fully saturated rings. The SMILES string of the molecule is COC(=O)C1=COC(OC(=S)N(C)C)C2OC(C)CC12. The van der Waals surface area contributed by atoms with Crippen molar-refractivity contribution in [3.8, 4) is 0 Å². The molecule has 1 saturated heterocycles. The van der Waals surface area contributed by atoms with Gasteiger partial charge in [-0.3, -0.25) is 0 Å². The number of carbonyl (C=O) groups excluding carboxylic acids is 1. The molecule has 0 aromatic heterocycles. The van der Waals surface area contributed by atoms with Crippen molar-refractivity contribution in [1.29, 1.82) is 0 Å². The van der Waals surface area contributed by atoms with Crippen LogP contribution in [-0.2, 0) is 23.7 Å². The van der Waals surface area contributed by atoms with Crippen LogP contribution in [0.5, 0.6) is 0 Å². The highest BCUT2D eigenvalue weighted by molar-refractivity contribution is 7.80. The summed E-state index contributed by atoms with van der Waals surface area (Å²) in [5.41, 5.74) is 0.484. The lowest BCUT2D eigenvalue weighted by molar-refractivity contribution is -0.159.